The van der Waals surface area contributed by atoms with Gasteiger partial charge in [-0.3, -0.25) is 4.98 Å². The Kier molecular flexibility index (Phi) is 3.17. The SMILES string of the molecule is CC/C(=N\O)c1cc(C(=O)O)ccn1. The summed E-state index contributed by atoms with van der Waals surface area (Å²) in [5.41, 5.74) is 0.882. The lowest BCUT2D eigenvalue weighted by atomic mass is 10.1. The summed E-state index contributed by atoms with van der Waals surface area (Å²) in [6.45, 7) is 1.80. The van der Waals surface area contributed by atoms with Crippen molar-refractivity contribution in [2.24, 2.45) is 5.16 Å². The van der Waals surface area contributed by atoms with Gasteiger partial charge in [-0.1, -0.05) is 12.1 Å². The molecule has 0 aliphatic heterocycles. The Labute approximate surface area is 80.7 Å². The van der Waals surface area contributed by atoms with Gasteiger partial charge in [-0.15, -0.1) is 0 Å². The van der Waals surface area contributed by atoms with Gasteiger partial charge in [0.15, 0.2) is 0 Å². The van der Waals surface area contributed by atoms with Crippen LogP contribution in [-0.2, 0) is 0 Å². The van der Waals surface area contributed by atoms with Crippen molar-refractivity contribution in [3.8, 4) is 0 Å². The molecule has 0 radical (unpaired) electrons. The number of carboxylic acids is 1. The Hall–Kier alpha value is -1.91. The standard InChI is InChI=1S/C9H10N2O3/c1-2-7(11-14)8-5-6(9(12)13)3-4-10-8/h3-5,14H,2H2,1H3,(H,12,13)/b11-7+. The molecule has 0 aliphatic carbocycles. The summed E-state index contributed by atoms with van der Waals surface area (Å²) in [6.07, 6.45) is 1.87. The van der Waals surface area contributed by atoms with Gasteiger partial charge in [0.05, 0.1) is 11.3 Å². The summed E-state index contributed by atoms with van der Waals surface area (Å²) in [5.74, 6) is -1.03. The quantitative estimate of drug-likeness (QED) is 0.432. The number of hydrogen-bond acceptors (Lipinski definition) is 4. The van der Waals surface area contributed by atoms with E-state index in [9.17, 15) is 4.79 Å². The third-order valence-electron chi connectivity index (χ3n) is 1.76. The molecule has 0 spiro atoms. The van der Waals surface area contributed by atoms with Gasteiger partial charge in [0.1, 0.15) is 5.71 Å². The molecule has 0 unspecified atom stereocenters. The average Bonchev–Trinajstić information content (AvgIpc) is 2.20. The van der Waals surface area contributed by atoms with Crippen molar-refractivity contribution in [1.82, 2.24) is 4.98 Å². The zero-order valence-corrected chi connectivity index (χ0v) is 7.64. The summed E-state index contributed by atoms with van der Waals surface area (Å²) in [6, 6.07) is 2.76. The van der Waals surface area contributed by atoms with E-state index in [0.717, 1.165) is 0 Å². The molecule has 1 rings (SSSR count). The van der Waals surface area contributed by atoms with E-state index in [1.165, 1.54) is 18.3 Å². The third-order valence-corrected chi connectivity index (χ3v) is 1.76. The number of hydrogen-bond donors (Lipinski definition) is 2. The molecular formula is C9H10N2O3. The summed E-state index contributed by atoms with van der Waals surface area (Å²) in [5, 5.41) is 20.4. The minimum Gasteiger partial charge on any atom is -0.478 e. The Morgan fingerprint density at radius 3 is 2.86 bits per heavy atom. The lowest BCUT2D eigenvalue weighted by molar-refractivity contribution is 0.0696. The van der Waals surface area contributed by atoms with Crippen molar-refractivity contribution in [1.29, 1.82) is 0 Å². The topological polar surface area (TPSA) is 82.8 Å². The third kappa shape index (κ3) is 2.07. The van der Waals surface area contributed by atoms with E-state index in [-0.39, 0.29) is 5.56 Å². The lowest BCUT2D eigenvalue weighted by Gasteiger charge is -2.00. The number of rotatable bonds is 3. The number of nitrogens with zero attached hydrogens (tertiary/aromatic N) is 2. The van der Waals surface area contributed by atoms with Crippen molar-refractivity contribution in [2.45, 2.75) is 13.3 Å². The summed E-state index contributed by atoms with van der Waals surface area (Å²) in [4.78, 5) is 14.5. The first kappa shape index (κ1) is 10.2. The molecule has 5 nitrogen and oxygen atoms in total. The molecule has 74 valence electrons. The fourth-order valence-electron chi connectivity index (χ4n) is 1.02. The molecule has 5 heteroatoms. The molecule has 2 N–H and O–H groups in total. The number of carbonyl (C=O) groups is 1. The number of oxime groups is 1. The maximum atomic E-state index is 10.6. The highest BCUT2D eigenvalue weighted by molar-refractivity contribution is 6.00. The van der Waals surface area contributed by atoms with Gasteiger partial charge < -0.3 is 10.3 Å². The summed E-state index contributed by atoms with van der Waals surface area (Å²) < 4.78 is 0. The second-order valence-corrected chi connectivity index (χ2v) is 2.64. The van der Waals surface area contributed by atoms with Crippen molar-refractivity contribution in [2.75, 3.05) is 0 Å². The smallest absolute Gasteiger partial charge is 0.335 e. The first-order chi connectivity index (χ1) is 6.69. The molecule has 0 fully saturated rings. The molecule has 1 aromatic heterocycles. The first-order valence-corrected chi connectivity index (χ1v) is 4.09. The van der Waals surface area contributed by atoms with Gasteiger partial charge in [-0.25, -0.2) is 4.79 Å². The molecular weight excluding hydrogens is 184 g/mol. The van der Waals surface area contributed by atoms with Crippen LogP contribution in [0, 0.1) is 0 Å². The van der Waals surface area contributed by atoms with Gasteiger partial charge in [0.25, 0.3) is 0 Å². The lowest BCUT2D eigenvalue weighted by Crippen LogP contribution is -2.05. The molecule has 14 heavy (non-hydrogen) atoms. The van der Waals surface area contributed by atoms with Crippen molar-refractivity contribution < 1.29 is 15.1 Å². The van der Waals surface area contributed by atoms with Crippen molar-refractivity contribution in [3.63, 3.8) is 0 Å². The highest BCUT2D eigenvalue weighted by Crippen LogP contribution is 2.05. The maximum absolute atomic E-state index is 10.6. The largest absolute Gasteiger partial charge is 0.478 e. The average molecular weight is 194 g/mol. The second kappa shape index (κ2) is 4.36. The van der Waals surface area contributed by atoms with Crippen LogP contribution in [0.5, 0.6) is 0 Å². The highest BCUT2D eigenvalue weighted by atomic mass is 16.4. The van der Waals surface area contributed by atoms with Gasteiger partial charge in [-0.05, 0) is 18.6 Å². The van der Waals surface area contributed by atoms with Crippen LogP contribution < -0.4 is 0 Å². The Bertz CT molecular complexity index is 374. The van der Waals surface area contributed by atoms with Gasteiger partial charge >= 0.3 is 5.97 Å². The molecule has 0 saturated carbocycles. The predicted octanol–water partition coefficient (Wildman–Crippen LogP) is 1.37. The molecule has 1 aromatic rings. The monoisotopic (exact) mass is 194 g/mol. The molecule has 0 aromatic carbocycles. The van der Waals surface area contributed by atoms with Crippen LogP contribution in [0.3, 0.4) is 0 Å². The van der Waals surface area contributed by atoms with Crippen LogP contribution in [0.15, 0.2) is 23.5 Å². The zero-order valence-electron chi connectivity index (χ0n) is 7.64. The molecule has 0 amide bonds. The molecule has 0 bridgehead atoms. The molecule has 0 saturated heterocycles. The van der Waals surface area contributed by atoms with Crippen molar-refractivity contribution in [3.05, 3.63) is 29.6 Å². The van der Waals surface area contributed by atoms with E-state index in [4.69, 9.17) is 10.3 Å². The van der Waals surface area contributed by atoms with Crippen LogP contribution in [0.2, 0.25) is 0 Å². The van der Waals surface area contributed by atoms with E-state index in [0.29, 0.717) is 17.8 Å². The van der Waals surface area contributed by atoms with E-state index in [1.807, 2.05) is 0 Å². The van der Waals surface area contributed by atoms with E-state index in [2.05, 4.69) is 10.1 Å². The number of aromatic carboxylic acids is 1. The fourth-order valence-corrected chi connectivity index (χ4v) is 1.02. The maximum Gasteiger partial charge on any atom is 0.335 e. The van der Waals surface area contributed by atoms with Crippen LogP contribution in [0.25, 0.3) is 0 Å². The first-order valence-electron chi connectivity index (χ1n) is 4.09. The second-order valence-electron chi connectivity index (χ2n) is 2.64. The van der Waals surface area contributed by atoms with Crippen LogP contribution >= 0.6 is 0 Å². The number of pyridine rings is 1. The predicted molar refractivity (Wildman–Crippen MR) is 49.8 cm³/mol. The van der Waals surface area contributed by atoms with Crippen molar-refractivity contribution >= 4 is 11.7 Å². The fraction of sp³-hybridized carbons (Fsp3) is 0.222. The minimum atomic E-state index is -1.03. The number of carboxylic acid groups (broad SMARTS) is 1. The van der Waals surface area contributed by atoms with E-state index >= 15 is 0 Å². The van der Waals surface area contributed by atoms with E-state index in [1.54, 1.807) is 6.92 Å². The number of aromatic nitrogens is 1. The molecule has 1 heterocycles. The highest BCUT2D eigenvalue weighted by Gasteiger charge is 2.07. The van der Waals surface area contributed by atoms with Crippen LogP contribution in [0.1, 0.15) is 29.4 Å². The zero-order chi connectivity index (χ0) is 10.6. The van der Waals surface area contributed by atoms with E-state index < -0.39 is 5.97 Å². The van der Waals surface area contributed by atoms with Crippen LogP contribution in [-0.4, -0.2) is 27.0 Å². The van der Waals surface area contributed by atoms with Crippen LogP contribution in [0.4, 0.5) is 0 Å². The van der Waals surface area contributed by atoms with Gasteiger partial charge in [0.2, 0.25) is 0 Å². The molecule has 0 aliphatic rings. The van der Waals surface area contributed by atoms with Gasteiger partial charge in [0, 0.05) is 6.20 Å². The minimum absolute atomic E-state index is 0.129. The Balaban J connectivity index is 3.11. The Morgan fingerprint density at radius 2 is 2.36 bits per heavy atom. The van der Waals surface area contributed by atoms with Gasteiger partial charge in [-0.2, -0.15) is 0 Å². The Morgan fingerprint density at radius 1 is 1.64 bits per heavy atom. The molecule has 0 atom stereocenters. The summed E-state index contributed by atoms with van der Waals surface area (Å²) in [7, 11) is 0. The normalized spacial score (nSPS) is 11.4. The summed E-state index contributed by atoms with van der Waals surface area (Å²) >= 11 is 0.